The van der Waals surface area contributed by atoms with Gasteiger partial charge >= 0.3 is 6.01 Å². The standard InChI is InChI=1S/C14H21N5O2/c1-3-19(11-12-6-4-5-7-16-12)14-18-17-13(21-14)10-15-8-9-20-2/h4-7,15H,3,8-11H2,1-2H3. The summed E-state index contributed by atoms with van der Waals surface area (Å²) in [5.74, 6) is 0.570. The van der Waals surface area contributed by atoms with Crippen molar-refractivity contribution >= 4 is 6.01 Å². The molecule has 2 rings (SSSR count). The SMILES string of the molecule is CCN(Cc1ccccn1)c1nnc(CNCCOC)o1. The zero-order chi connectivity index (χ0) is 14.9. The maximum Gasteiger partial charge on any atom is 0.318 e. The van der Waals surface area contributed by atoms with Gasteiger partial charge in [0.15, 0.2) is 0 Å². The van der Waals surface area contributed by atoms with Crippen molar-refractivity contribution in [2.45, 2.75) is 20.0 Å². The Morgan fingerprint density at radius 2 is 2.24 bits per heavy atom. The predicted molar refractivity (Wildman–Crippen MR) is 78.8 cm³/mol. The zero-order valence-corrected chi connectivity index (χ0v) is 12.5. The first kappa shape index (κ1) is 15.4. The van der Waals surface area contributed by atoms with Gasteiger partial charge in [0.1, 0.15) is 0 Å². The van der Waals surface area contributed by atoms with E-state index in [9.17, 15) is 0 Å². The molecule has 0 radical (unpaired) electrons. The Bertz CT molecular complexity index is 517. The molecule has 0 saturated carbocycles. The van der Waals surface area contributed by atoms with E-state index in [0.717, 1.165) is 18.8 Å². The molecule has 21 heavy (non-hydrogen) atoms. The number of rotatable bonds is 9. The number of anilines is 1. The van der Waals surface area contributed by atoms with Crippen molar-refractivity contribution in [1.82, 2.24) is 20.5 Å². The van der Waals surface area contributed by atoms with Crippen molar-refractivity contribution < 1.29 is 9.15 Å². The minimum absolute atomic E-state index is 0.520. The number of pyridine rings is 1. The molecule has 0 unspecified atom stereocenters. The number of hydrogen-bond acceptors (Lipinski definition) is 7. The molecular weight excluding hydrogens is 270 g/mol. The Hall–Kier alpha value is -1.99. The van der Waals surface area contributed by atoms with Crippen LogP contribution in [-0.4, -0.2) is 42.0 Å². The molecule has 0 atom stereocenters. The monoisotopic (exact) mass is 291 g/mol. The van der Waals surface area contributed by atoms with E-state index in [2.05, 4.69) is 20.5 Å². The van der Waals surface area contributed by atoms with Gasteiger partial charge in [-0.1, -0.05) is 11.2 Å². The van der Waals surface area contributed by atoms with Gasteiger partial charge in [-0.25, -0.2) is 0 Å². The van der Waals surface area contributed by atoms with Crippen molar-refractivity contribution in [2.75, 3.05) is 31.7 Å². The second-order valence-corrected chi connectivity index (χ2v) is 4.48. The average molecular weight is 291 g/mol. The molecule has 0 aliphatic rings. The number of methoxy groups -OCH3 is 1. The average Bonchev–Trinajstić information content (AvgIpc) is 2.99. The lowest BCUT2D eigenvalue weighted by atomic mass is 10.3. The van der Waals surface area contributed by atoms with Gasteiger partial charge < -0.3 is 19.4 Å². The van der Waals surface area contributed by atoms with Gasteiger partial charge in [0.25, 0.3) is 0 Å². The molecular formula is C14H21N5O2. The van der Waals surface area contributed by atoms with Crippen LogP contribution < -0.4 is 10.2 Å². The molecule has 0 amide bonds. The van der Waals surface area contributed by atoms with Crippen molar-refractivity contribution in [1.29, 1.82) is 0 Å². The van der Waals surface area contributed by atoms with Gasteiger partial charge in [0.2, 0.25) is 5.89 Å². The summed E-state index contributed by atoms with van der Waals surface area (Å²) in [7, 11) is 1.67. The summed E-state index contributed by atoms with van der Waals surface area (Å²) in [5.41, 5.74) is 0.970. The Balaban J connectivity index is 1.91. The lowest BCUT2D eigenvalue weighted by Gasteiger charge is -2.17. The van der Waals surface area contributed by atoms with Crippen LogP contribution in [0.25, 0.3) is 0 Å². The molecule has 0 aliphatic carbocycles. The molecule has 1 N–H and O–H groups in total. The van der Waals surface area contributed by atoms with Crippen molar-refractivity contribution in [2.24, 2.45) is 0 Å². The number of nitrogens with one attached hydrogen (secondary N) is 1. The fourth-order valence-electron chi connectivity index (χ4n) is 1.82. The molecule has 0 aliphatic heterocycles. The number of nitrogens with zero attached hydrogens (tertiary/aromatic N) is 4. The molecule has 0 fully saturated rings. The molecule has 114 valence electrons. The van der Waals surface area contributed by atoms with Crippen molar-refractivity contribution in [3.63, 3.8) is 0 Å². The Morgan fingerprint density at radius 3 is 2.95 bits per heavy atom. The van der Waals surface area contributed by atoms with Gasteiger partial charge in [-0.15, -0.1) is 5.10 Å². The first-order valence-electron chi connectivity index (χ1n) is 7.00. The van der Waals surface area contributed by atoms with Gasteiger partial charge in [0.05, 0.1) is 25.4 Å². The third-order valence-electron chi connectivity index (χ3n) is 2.95. The van der Waals surface area contributed by atoms with E-state index in [4.69, 9.17) is 9.15 Å². The second-order valence-electron chi connectivity index (χ2n) is 4.48. The highest BCUT2D eigenvalue weighted by Gasteiger charge is 2.13. The van der Waals surface area contributed by atoms with E-state index in [1.165, 1.54) is 0 Å². The van der Waals surface area contributed by atoms with Crippen LogP contribution in [0, 0.1) is 0 Å². The summed E-state index contributed by atoms with van der Waals surface area (Å²) in [6, 6.07) is 6.36. The van der Waals surface area contributed by atoms with E-state index in [1.807, 2.05) is 30.0 Å². The fraction of sp³-hybridized carbons (Fsp3) is 0.500. The van der Waals surface area contributed by atoms with E-state index < -0.39 is 0 Å². The highest BCUT2D eigenvalue weighted by molar-refractivity contribution is 5.25. The van der Waals surface area contributed by atoms with Crippen LogP contribution in [0.2, 0.25) is 0 Å². The van der Waals surface area contributed by atoms with Crippen LogP contribution in [0.15, 0.2) is 28.8 Å². The van der Waals surface area contributed by atoms with E-state index >= 15 is 0 Å². The number of ether oxygens (including phenoxy) is 1. The highest BCUT2D eigenvalue weighted by Crippen LogP contribution is 2.14. The molecule has 7 heteroatoms. The fourth-order valence-corrected chi connectivity index (χ4v) is 1.82. The summed E-state index contributed by atoms with van der Waals surface area (Å²) in [5, 5.41) is 11.3. The maximum absolute atomic E-state index is 5.66. The van der Waals surface area contributed by atoms with E-state index in [0.29, 0.717) is 31.6 Å². The molecule has 2 aromatic heterocycles. The van der Waals surface area contributed by atoms with Crippen LogP contribution in [-0.2, 0) is 17.8 Å². The molecule has 0 bridgehead atoms. The van der Waals surface area contributed by atoms with Crippen LogP contribution >= 0.6 is 0 Å². The topological polar surface area (TPSA) is 76.3 Å². The van der Waals surface area contributed by atoms with Crippen LogP contribution in [0.3, 0.4) is 0 Å². The van der Waals surface area contributed by atoms with Gasteiger partial charge in [-0.05, 0) is 19.1 Å². The largest absolute Gasteiger partial charge is 0.407 e. The second kappa shape index (κ2) is 8.33. The van der Waals surface area contributed by atoms with Crippen molar-refractivity contribution in [3.05, 3.63) is 36.0 Å². The zero-order valence-electron chi connectivity index (χ0n) is 12.5. The summed E-state index contributed by atoms with van der Waals surface area (Å²) in [6.45, 7) is 5.41. The molecule has 7 nitrogen and oxygen atoms in total. The summed E-state index contributed by atoms with van der Waals surface area (Å²) in [6.07, 6.45) is 1.78. The maximum atomic E-state index is 5.66. The first-order valence-corrected chi connectivity index (χ1v) is 7.00. The molecule has 0 saturated heterocycles. The number of hydrogen-bond donors (Lipinski definition) is 1. The smallest absolute Gasteiger partial charge is 0.318 e. The minimum atomic E-state index is 0.520. The summed E-state index contributed by atoms with van der Waals surface area (Å²) in [4.78, 5) is 6.31. The quantitative estimate of drug-likeness (QED) is 0.696. The van der Waals surface area contributed by atoms with E-state index in [-0.39, 0.29) is 0 Å². The highest BCUT2D eigenvalue weighted by atomic mass is 16.5. The molecule has 2 aromatic rings. The Morgan fingerprint density at radius 1 is 1.33 bits per heavy atom. The normalized spacial score (nSPS) is 10.8. The van der Waals surface area contributed by atoms with Gasteiger partial charge in [-0.2, -0.15) is 0 Å². The minimum Gasteiger partial charge on any atom is -0.407 e. The van der Waals surface area contributed by atoms with Crippen molar-refractivity contribution in [3.8, 4) is 0 Å². The Kier molecular flexibility index (Phi) is 6.11. The molecule has 2 heterocycles. The van der Waals surface area contributed by atoms with Gasteiger partial charge in [-0.3, -0.25) is 4.98 Å². The van der Waals surface area contributed by atoms with Crippen LogP contribution in [0.5, 0.6) is 0 Å². The van der Waals surface area contributed by atoms with E-state index in [1.54, 1.807) is 13.3 Å². The third kappa shape index (κ3) is 4.80. The molecule has 0 spiro atoms. The lowest BCUT2D eigenvalue weighted by molar-refractivity contribution is 0.198. The van der Waals surface area contributed by atoms with Crippen LogP contribution in [0.1, 0.15) is 18.5 Å². The van der Waals surface area contributed by atoms with Crippen LogP contribution in [0.4, 0.5) is 6.01 Å². The summed E-state index contributed by atoms with van der Waals surface area (Å²) < 4.78 is 10.6. The molecule has 0 aromatic carbocycles. The Labute approximate surface area is 124 Å². The van der Waals surface area contributed by atoms with Gasteiger partial charge in [0, 0.05) is 26.4 Å². The summed E-state index contributed by atoms with van der Waals surface area (Å²) >= 11 is 0. The number of aromatic nitrogens is 3. The predicted octanol–water partition coefficient (Wildman–Crippen LogP) is 1.23. The third-order valence-corrected chi connectivity index (χ3v) is 2.95. The first-order chi connectivity index (χ1) is 10.3. The lowest BCUT2D eigenvalue weighted by Crippen LogP contribution is -2.23.